The third-order valence-electron chi connectivity index (χ3n) is 9.04. The summed E-state index contributed by atoms with van der Waals surface area (Å²) in [5.41, 5.74) is 1.30. The van der Waals surface area contributed by atoms with Crippen LogP contribution < -0.4 is 9.80 Å². The second-order valence-electron chi connectivity index (χ2n) is 11.1. The maximum Gasteiger partial charge on any atom is 0.310 e. The molecule has 5 rings (SSSR count). The molecule has 0 saturated carbocycles. The van der Waals surface area contributed by atoms with E-state index >= 15 is 0 Å². The fourth-order valence-electron chi connectivity index (χ4n) is 7.21. The topological polar surface area (TPSA) is 111 Å². The Morgan fingerprint density at radius 1 is 1.12 bits per heavy atom. The Kier molecular flexibility index (Phi) is 8.20. The van der Waals surface area contributed by atoms with Gasteiger partial charge in [0, 0.05) is 31.0 Å². The van der Waals surface area contributed by atoms with Crippen LogP contribution in [0.15, 0.2) is 67.3 Å². The highest BCUT2D eigenvalue weighted by Crippen LogP contribution is 2.59. The van der Waals surface area contributed by atoms with Crippen molar-refractivity contribution in [1.82, 2.24) is 4.90 Å². The van der Waals surface area contributed by atoms with E-state index in [1.165, 1.54) is 4.90 Å². The molecule has 0 aromatic heterocycles. The summed E-state index contributed by atoms with van der Waals surface area (Å²) in [6.07, 6.45) is 2.18. The Balaban J connectivity index is 1.57. The van der Waals surface area contributed by atoms with Crippen molar-refractivity contribution in [3.05, 3.63) is 72.8 Å². The lowest BCUT2D eigenvalue weighted by Crippen LogP contribution is -2.59. The molecule has 2 amide bonds. The minimum absolute atomic E-state index is 0.191. The molecule has 3 fully saturated rings. The van der Waals surface area contributed by atoms with E-state index in [9.17, 15) is 24.6 Å². The molecule has 2 aromatic rings. The lowest BCUT2D eigenvalue weighted by molar-refractivity contribution is -0.151. The molecule has 0 aliphatic carbocycles. The first kappa shape index (κ1) is 28.8. The zero-order valence-corrected chi connectivity index (χ0v) is 23.7. The number of rotatable bonds is 12. The average Bonchev–Trinajstić information content (AvgIpc) is 3.63. The van der Waals surface area contributed by atoms with Crippen LogP contribution in [0.4, 0.5) is 11.4 Å². The van der Waals surface area contributed by atoms with Crippen LogP contribution in [0.2, 0.25) is 0 Å². The molecule has 2 unspecified atom stereocenters. The lowest BCUT2D eigenvalue weighted by atomic mass is 9.70. The molecule has 41 heavy (non-hydrogen) atoms. The molecule has 3 heterocycles. The number of carbonyl (C=O) groups is 3. The molecule has 2 N–H and O–H groups in total. The van der Waals surface area contributed by atoms with Gasteiger partial charge in [0.25, 0.3) is 5.91 Å². The van der Waals surface area contributed by atoms with Crippen LogP contribution in [-0.4, -0.2) is 82.9 Å². The molecule has 9 heteroatoms. The molecule has 2 aromatic carbocycles. The molecule has 1 spiro atoms. The number of aliphatic hydroxyl groups excluding tert-OH is 1. The quantitative estimate of drug-likeness (QED) is 0.383. The van der Waals surface area contributed by atoms with Crippen molar-refractivity contribution in [2.45, 2.75) is 56.9 Å². The van der Waals surface area contributed by atoms with Gasteiger partial charge in [-0.1, -0.05) is 36.4 Å². The highest BCUT2D eigenvalue weighted by atomic mass is 16.5. The Bertz CT molecular complexity index is 1280. The summed E-state index contributed by atoms with van der Waals surface area (Å²) in [5, 5.41) is 20.7. The van der Waals surface area contributed by atoms with Gasteiger partial charge in [-0.3, -0.25) is 14.4 Å². The van der Waals surface area contributed by atoms with Gasteiger partial charge in [-0.2, -0.15) is 0 Å². The molecule has 3 aliphatic heterocycles. The van der Waals surface area contributed by atoms with E-state index in [1.807, 2.05) is 54.6 Å². The monoisotopic (exact) mass is 561 g/mol. The summed E-state index contributed by atoms with van der Waals surface area (Å²) in [6, 6.07) is 15.3. The number of aliphatic carboxylic acids is 1. The molecule has 3 saturated heterocycles. The fraction of sp³-hybridized carbons (Fsp3) is 0.469. The number of carboxylic acid groups (broad SMARTS) is 1. The summed E-state index contributed by atoms with van der Waals surface area (Å²) >= 11 is 0. The van der Waals surface area contributed by atoms with Crippen molar-refractivity contribution < 1.29 is 29.3 Å². The van der Waals surface area contributed by atoms with Gasteiger partial charge in [-0.05, 0) is 62.9 Å². The number of hydrogen-bond donors (Lipinski definition) is 2. The summed E-state index contributed by atoms with van der Waals surface area (Å²) in [7, 11) is 0. The van der Waals surface area contributed by atoms with E-state index in [-0.39, 0.29) is 19.1 Å². The fourth-order valence-corrected chi connectivity index (χ4v) is 7.21. The summed E-state index contributed by atoms with van der Waals surface area (Å²) in [6.45, 7) is 9.54. The molecule has 9 nitrogen and oxygen atoms in total. The van der Waals surface area contributed by atoms with Crippen molar-refractivity contribution in [3.8, 4) is 0 Å². The predicted octanol–water partition coefficient (Wildman–Crippen LogP) is 3.11. The Morgan fingerprint density at radius 3 is 2.37 bits per heavy atom. The smallest absolute Gasteiger partial charge is 0.310 e. The van der Waals surface area contributed by atoms with Gasteiger partial charge in [0.05, 0.1) is 30.6 Å². The van der Waals surface area contributed by atoms with Gasteiger partial charge in [0.1, 0.15) is 11.6 Å². The zero-order valence-electron chi connectivity index (χ0n) is 23.7. The van der Waals surface area contributed by atoms with E-state index in [0.29, 0.717) is 24.9 Å². The van der Waals surface area contributed by atoms with Crippen molar-refractivity contribution >= 4 is 29.2 Å². The van der Waals surface area contributed by atoms with Crippen LogP contribution in [0.1, 0.15) is 32.3 Å². The largest absolute Gasteiger partial charge is 0.481 e. The zero-order chi connectivity index (χ0) is 29.3. The molecule has 6 atom stereocenters. The van der Waals surface area contributed by atoms with Crippen LogP contribution >= 0.6 is 0 Å². The van der Waals surface area contributed by atoms with Crippen molar-refractivity contribution in [1.29, 1.82) is 0 Å². The van der Waals surface area contributed by atoms with Crippen LogP contribution in [-0.2, 0) is 25.5 Å². The number of nitrogens with zero attached hydrogens (tertiary/aromatic N) is 3. The van der Waals surface area contributed by atoms with Gasteiger partial charge in [-0.15, -0.1) is 6.58 Å². The second kappa shape index (κ2) is 11.7. The van der Waals surface area contributed by atoms with E-state index in [2.05, 4.69) is 25.3 Å². The average molecular weight is 562 g/mol. The first-order chi connectivity index (χ1) is 19.8. The van der Waals surface area contributed by atoms with E-state index in [1.54, 1.807) is 11.0 Å². The van der Waals surface area contributed by atoms with Crippen molar-refractivity contribution in [2.24, 2.45) is 11.8 Å². The Labute approximate surface area is 241 Å². The molecule has 2 bridgehead atoms. The summed E-state index contributed by atoms with van der Waals surface area (Å²) in [5.74, 6) is -3.93. The molecular formula is C32H39N3O6. The number of fused-ring (bicyclic) bond motifs is 1. The third-order valence-corrected chi connectivity index (χ3v) is 9.04. The van der Waals surface area contributed by atoms with Crippen LogP contribution in [0, 0.1) is 11.8 Å². The highest BCUT2D eigenvalue weighted by Gasteiger charge is 2.75. The maximum absolute atomic E-state index is 14.7. The van der Waals surface area contributed by atoms with Gasteiger partial charge in [0.2, 0.25) is 5.91 Å². The second-order valence-corrected chi connectivity index (χ2v) is 11.1. The normalized spacial score (nSPS) is 27.0. The van der Waals surface area contributed by atoms with Crippen molar-refractivity contribution in [3.63, 3.8) is 0 Å². The first-order valence-corrected chi connectivity index (χ1v) is 14.5. The minimum atomic E-state index is -1.27. The standard InChI is InChI=1S/C32H39N3O6/c1-4-18-34(23-14-12-22(13-15-23)33(5-2)6-3)30(38)28-32-17-16-25(41-32)26(31(39)40)27(32)29(37)35(28)24(20-36)19-21-10-8-7-9-11-21/h4,7-15,24-28,36H,1,5-6,16-20H2,2-3H3,(H,39,40)/t24-,25+,26-,27+,28?,32?/m1/s1. The predicted molar refractivity (Wildman–Crippen MR) is 156 cm³/mol. The van der Waals surface area contributed by atoms with Gasteiger partial charge in [0.15, 0.2) is 0 Å². The number of ether oxygens (including phenoxy) is 1. The number of carboxylic acids is 1. The highest BCUT2D eigenvalue weighted by molar-refractivity contribution is 6.04. The Hall–Kier alpha value is -3.69. The van der Waals surface area contributed by atoms with Crippen LogP contribution in [0.25, 0.3) is 0 Å². The van der Waals surface area contributed by atoms with Gasteiger partial charge < -0.3 is 29.6 Å². The summed E-state index contributed by atoms with van der Waals surface area (Å²) in [4.78, 5) is 46.4. The van der Waals surface area contributed by atoms with E-state index < -0.39 is 47.5 Å². The van der Waals surface area contributed by atoms with Gasteiger partial charge >= 0.3 is 5.97 Å². The number of likely N-dealkylation sites (tertiary alicyclic amines) is 1. The first-order valence-electron chi connectivity index (χ1n) is 14.5. The van der Waals surface area contributed by atoms with E-state index in [4.69, 9.17) is 4.74 Å². The minimum Gasteiger partial charge on any atom is -0.481 e. The van der Waals surface area contributed by atoms with Crippen molar-refractivity contribution in [2.75, 3.05) is 36.0 Å². The number of amides is 2. The molecule has 0 radical (unpaired) electrons. The summed E-state index contributed by atoms with van der Waals surface area (Å²) < 4.78 is 6.38. The lowest BCUT2D eigenvalue weighted by Gasteiger charge is -2.39. The molecule has 218 valence electrons. The number of carbonyl (C=O) groups excluding carboxylic acids is 2. The maximum atomic E-state index is 14.7. The van der Waals surface area contributed by atoms with E-state index in [0.717, 1.165) is 24.3 Å². The number of hydrogen-bond acceptors (Lipinski definition) is 6. The van der Waals surface area contributed by atoms with Crippen LogP contribution in [0.3, 0.4) is 0 Å². The number of anilines is 2. The van der Waals surface area contributed by atoms with Crippen LogP contribution in [0.5, 0.6) is 0 Å². The SMILES string of the molecule is C=CCN(C(=O)C1N([C@@H](CO)Cc2ccccc2)C(=O)[C@@H]2[C@H](C(=O)O)[C@@H]3CCC12O3)c1ccc(N(CC)CC)cc1. The third kappa shape index (κ3) is 4.81. The molecular weight excluding hydrogens is 522 g/mol. The van der Waals surface area contributed by atoms with Gasteiger partial charge in [-0.25, -0.2) is 0 Å². The number of benzene rings is 2. The molecule has 3 aliphatic rings. The number of aliphatic hydroxyl groups is 1. The Morgan fingerprint density at radius 2 is 1.78 bits per heavy atom.